The third-order valence-corrected chi connectivity index (χ3v) is 5.45. The molecule has 0 aliphatic carbocycles. The highest BCUT2D eigenvalue weighted by molar-refractivity contribution is 8.18. The van der Waals surface area contributed by atoms with Gasteiger partial charge in [-0.15, -0.1) is 0 Å². The molecule has 2 aromatic carbocycles. The minimum absolute atomic E-state index is 0.0472. The van der Waals surface area contributed by atoms with Crippen LogP contribution in [-0.2, 0) is 11.3 Å². The maximum atomic E-state index is 13.1. The summed E-state index contributed by atoms with van der Waals surface area (Å²) in [6.07, 6.45) is 2.91. The van der Waals surface area contributed by atoms with Crippen molar-refractivity contribution in [2.24, 2.45) is 0 Å². The van der Waals surface area contributed by atoms with Crippen molar-refractivity contribution in [3.8, 4) is 11.5 Å². The Bertz CT molecular complexity index is 1200. The summed E-state index contributed by atoms with van der Waals surface area (Å²) in [4.78, 5) is 38.5. The first-order valence-electron chi connectivity index (χ1n) is 9.38. The third kappa shape index (κ3) is 4.57. The first kappa shape index (κ1) is 21.4. The Hall–Kier alpha value is -3.85. The largest absolute Gasteiger partial charge is 0.493 e. The monoisotopic (exact) mass is 453 g/mol. The minimum atomic E-state index is -0.678. The van der Waals surface area contributed by atoms with Crippen molar-refractivity contribution in [3.63, 3.8) is 0 Å². The topological polar surface area (TPSA) is 86.0 Å². The van der Waals surface area contributed by atoms with Crippen LogP contribution >= 0.6 is 11.8 Å². The summed E-state index contributed by atoms with van der Waals surface area (Å²) >= 11 is 0.811. The molecule has 0 radical (unpaired) electrons. The number of ether oxygens (including phenoxy) is 2. The fourth-order valence-corrected chi connectivity index (χ4v) is 3.80. The first-order chi connectivity index (χ1) is 15.4. The highest BCUT2D eigenvalue weighted by atomic mass is 32.2. The van der Waals surface area contributed by atoms with Crippen molar-refractivity contribution in [2.75, 3.05) is 7.11 Å². The van der Waals surface area contributed by atoms with E-state index < -0.39 is 22.9 Å². The fraction of sp³-hybridized carbons (Fsp3) is 0.0870. The molecule has 4 rings (SSSR count). The molecule has 0 N–H and O–H groups in total. The molecule has 9 heteroatoms. The lowest BCUT2D eigenvalue weighted by Crippen LogP contribution is -2.27. The first-order valence-corrected chi connectivity index (χ1v) is 10.2. The highest BCUT2D eigenvalue weighted by Gasteiger charge is 2.35. The summed E-state index contributed by atoms with van der Waals surface area (Å²) in [5, 5.41) is -0.415. The predicted octanol–water partition coefficient (Wildman–Crippen LogP) is 4.88. The summed E-state index contributed by atoms with van der Waals surface area (Å²) in [5.74, 6) is -1.03. The Morgan fingerprint density at radius 3 is 2.59 bits per heavy atom. The van der Waals surface area contributed by atoms with E-state index in [0.717, 1.165) is 16.7 Å². The van der Waals surface area contributed by atoms with Gasteiger partial charge in [-0.05, 0) is 65.4 Å². The number of carbonyl (C=O) groups excluding carboxylic acids is 3. The van der Waals surface area contributed by atoms with Gasteiger partial charge in [0, 0.05) is 0 Å². The molecule has 0 spiro atoms. The Balaban J connectivity index is 1.51. The molecule has 7 nitrogen and oxygen atoms in total. The number of halogens is 1. The number of amides is 2. The van der Waals surface area contributed by atoms with Crippen molar-refractivity contribution in [1.29, 1.82) is 0 Å². The molecule has 0 saturated carbocycles. The minimum Gasteiger partial charge on any atom is -0.493 e. The van der Waals surface area contributed by atoms with E-state index in [0.29, 0.717) is 11.1 Å². The van der Waals surface area contributed by atoms with Crippen LogP contribution in [0.1, 0.15) is 21.7 Å². The zero-order valence-electron chi connectivity index (χ0n) is 16.7. The Kier molecular flexibility index (Phi) is 6.09. The predicted molar refractivity (Wildman–Crippen MR) is 115 cm³/mol. The SMILES string of the molecule is COc1cc(/C=C2\SC(=O)N(Cc3ccc(F)cc3)C2=O)ccc1OC(=O)c1ccco1. The second-order valence-corrected chi connectivity index (χ2v) is 7.66. The fourth-order valence-electron chi connectivity index (χ4n) is 2.96. The van der Waals surface area contributed by atoms with Gasteiger partial charge in [0.25, 0.3) is 11.1 Å². The average molecular weight is 453 g/mol. The van der Waals surface area contributed by atoms with Crippen molar-refractivity contribution in [3.05, 3.63) is 88.5 Å². The molecule has 1 aliphatic heterocycles. The van der Waals surface area contributed by atoms with Gasteiger partial charge in [-0.2, -0.15) is 0 Å². The van der Waals surface area contributed by atoms with Gasteiger partial charge in [0.05, 0.1) is 24.8 Å². The van der Waals surface area contributed by atoms with Crippen molar-refractivity contribution < 1.29 is 32.7 Å². The Labute approximate surface area is 186 Å². The molecule has 0 bridgehead atoms. The van der Waals surface area contributed by atoms with Crippen LogP contribution in [0.2, 0.25) is 0 Å². The molecule has 0 unspecified atom stereocenters. The normalized spacial score (nSPS) is 14.8. The average Bonchev–Trinajstić information content (AvgIpc) is 3.41. The van der Waals surface area contributed by atoms with Crippen molar-refractivity contribution in [2.45, 2.75) is 6.54 Å². The van der Waals surface area contributed by atoms with E-state index in [4.69, 9.17) is 13.9 Å². The molecule has 3 aromatic rings. The van der Waals surface area contributed by atoms with Crippen LogP contribution in [0.15, 0.2) is 70.2 Å². The molecule has 1 aromatic heterocycles. The lowest BCUT2D eigenvalue weighted by Gasteiger charge is -2.12. The van der Waals surface area contributed by atoms with Gasteiger partial charge in [-0.25, -0.2) is 9.18 Å². The van der Waals surface area contributed by atoms with Gasteiger partial charge in [-0.1, -0.05) is 18.2 Å². The number of nitrogens with zero attached hydrogens (tertiary/aromatic N) is 1. The zero-order valence-corrected chi connectivity index (χ0v) is 17.6. The highest BCUT2D eigenvalue weighted by Crippen LogP contribution is 2.35. The van der Waals surface area contributed by atoms with Crippen LogP contribution in [0.4, 0.5) is 9.18 Å². The van der Waals surface area contributed by atoms with Crippen LogP contribution < -0.4 is 9.47 Å². The van der Waals surface area contributed by atoms with Gasteiger partial charge in [0.15, 0.2) is 11.5 Å². The van der Waals surface area contributed by atoms with E-state index in [1.54, 1.807) is 24.3 Å². The van der Waals surface area contributed by atoms with Gasteiger partial charge >= 0.3 is 5.97 Å². The number of methoxy groups -OCH3 is 1. The van der Waals surface area contributed by atoms with E-state index in [-0.39, 0.29) is 28.7 Å². The van der Waals surface area contributed by atoms with E-state index >= 15 is 0 Å². The molecule has 1 aliphatic rings. The number of benzene rings is 2. The molecular weight excluding hydrogens is 437 g/mol. The van der Waals surface area contributed by atoms with Crippen LogP contribution in [0.25, 0.3) is 6.08 Å². The van der Waals surface area contributed by atoms with E-state index in [9.17, 15) is 18.8 Å². The number of furan rings is 1. The van der Waals surface area contributed by atoms with Gasteiger partial charge < -0.3 is 13.9 Å². The summed E-state index contributed by atoms with van der Waals surface area (Å²) in [6.45, 7) is 0.0489. The molecule has 2 heterocycles. The number of thioether (sulfide) groups is 1. The maximum absolute atomic E-state index is 13.1. The number of hydrogen-bond donors (Lipinski definition) is 0. The smallest absolute Gasteiger partial charge is 0.379 e. The number of imide groups is 1. The molecular formula is C23H16FNO6S. The number of rotatable bonds is 6. The Morgan fingerprint density at radius 2 is 1.91 bits per heavy atom. The number of esters is 1. The van der Waals surface area contributed by atoms with Gasteiger partial charge in [0.1, 0.15) is 5.82 Å². The van der Waals surface area contributed by atoms with Crippen LogP contribution in [0, 0.1) is 5.82 Å². The molecule has 1 saturated heterocycles. The summed E-state index contributed by atoms with van der Waals surface area (Å²) in [7, 11) is 1.42. The third-order valence-electron chi connectivity index (χ3n) is 4.54. The van der Waals surface area contributed by atoms with Crippen LogP contribution in [-0.4, -0.2) is 29.1 Å². The second kappa shape index (κ2) is 9.11. The van der Waals surface area contributed by atoms with E-state index in [1.165, 1.54) is 49.8 Å². The second-order valence-electron chi connectivity index (χ2n) is 6.67. The summed E-state index contributed by atoms with van der Waals surface area (Å²) < 4.78 is 28.7. The van der Waals surface area contributed by atoms with Crippen molar-refractivity contribution in [1.82, 2.24) is 4.90 Å². The molecule has 2 amide bonds. The number of hydrogen-bond acceptors (Lipinski definition) is 7. The molecule has 1 fully saturated rings. The maximum Gasteiger partial charge on any atom is 0.379 e. The van der Waals surface area contributed by atoms with Gasteiger partial charge in [0.2, 0.25) is 5.76 Å². The standard InChI is InChI=1S/C23H16FNO6S/c1-29-19-11-15(6-9-17(19)31-22(27)18-3-2-10-30-18)12-20-21(26)25(23(28)32-20)13-14-4-7-16(24)8-5-14/h2-12H,13H2,1H3/b20-12-. The molecule has 0 atom stereocenters. The lowest BCUT2D eigenvalue weighted by molar-refractivity contribution is -0.123. The molecule has 32 heavy (non-hydrogen) atoms. The summed E-state index contributed by atoms with van der Waals surface area (Å²) in [5.41, 5.74) is 1.21. The lowest BCUT2D eigenvalue weighted by atomic mass is 10.1. The van der Waals surface area contributed by atoms with Crippen molar-refractivity contribution >= 4 is 35.0 Å². The van der Waals surface area contributed by atoms with Gasteiger partial charge in [-0.3, -0.25) is 14.5 Å². The molecule has 162 valence electrons. The zero-order chi connectivity index (χ0) is 22.7. The number of carbonyl (C=O) groups is 3. The van der Waals surface area contributed by atoms with E-state index in [1.807, 2.05) is 0 Å². The summed E-state index contributed by atoms with van der Waals surface area (Å²) in [6, 6.07) is 13.4. The van der Waals surface area contributed by atoms with E-state index in [2.05, 4.69) is 0 Å². The van der Waals surface area contributed by atoms with Crippen LogP contribution in [0.3, 0.4) is 0 Å². The van der Waals surface area contributed by atoms with Crippen LogP contribution in [0.5, 0.6) is 11.5 Å². The quantitative estimate of drug-likeness (QED) is 0.299. The Morgan fingerprint density at radius 1 is 1.12 bits per heavy atom.